The number of piperidine rings is 1. The van der Waals surface area contributed by atoms with Crippen molar-refractivity contribution in [2.75, 3.05) is 18.8 Å². The Bertz CT molecular complexity index is 401. The van der Waals surface area contributed by atoms with Crippen LogP contribution in [0.15, 0.2) is 18.2 Å². The number of anilines is 1. The Kier molecular flexibility index (Phi) is 3.29. The van der Waals surface area contributed by atoms with Crippen LogP contribution in [0.4, 0.5) is 5.69 Å². The first kappa shape index (κ1) is 12.2. The molecule has 0 spiro atoms. The molecule has 94 valence electrons. The molecule has 0 aromatic heterocycles. The number of likely N-dealkylation sites (tertiary alicyclic amines) is 1. The molecule has 1 aromatic carbocycles. The van der Waals surface area contributed by atoms with Crippen molar-refractivity contribution in [2.45, 2.75) is 33.2 Å². The maximum atomic E-state index is 9.39. The fourth-order valence-electron chi connectivity index (χ4n) is 2.64. The van der Waals surface area contributed by atoms with E-state index < -0.39 is 0 Å². The van der Waals surface area contributed by atoms with E-state index in [-0.39, 0.29) is 5.75 Å². The summed E-state index contributed by atoms with van der Waals surface area (Å²) in [5, 5.41) is 9.39. The van der Waals surface area contributed by atoms with Gasteiger partial charge in [-0.3, -0.25) is 4.90 Å². The molecule has 1 heterocycles. The predicted molar refractivity (Wildman–Crippen MR) is 70.8 cm³/mol. The number of aromatic hydroxyl groups is 1. The fraction of sp³-hybridized carbons (Fsp3) is 0.571. The van der Waals surface area contributed by atoms with Crippen LogP contribution < -0.4 is 5.73 Å². The molecule has 1 saturated heterocycles. The molecular weight excluding hydrogens is 212 g/mol. The maximum Gasteiger partial charge on any atom is 0.138 e. The SMILES string of the molecule is CC1(C)CCCN(Cc2ccc(O)c(N)c2)C1. The first-order chi connectivity index (χ1) is 7.96. The summed E-state index contributed by atoms with van der Waals surface area (Å²) in [4.78, 5) is 2.47. The average molecular weight is 234 g/mol. The van der Waals surface area contributed by atoms with E-state index in [4.69, 9.17) is 5.73 Å². The highest BCUT2D eigenvalue weighted by atomic mass is 16.3. The van der Waals surface area contributed by atoms with Gasteiger partial charge >= 0.3 is 0 Å². The molecule has 0 bridgehead atoms. The van der Waals surface area contributed by atoms with Gasteiger partial charge in [-0.15, -0.1) is 0 Å². The first-order valence-electron chi connectivity index (χ1n) is 6.26. The van der Waals surface area contributed by atoms with Crippen molar-refractivity contribution in [1.29, 1.82) is 0 Å². The lowest BCUT2D eigenvalue weighted by Crippen LogP contribution is -2.39. The Hall–Kier alpha value is -1.22. The van der Waals surface area contributed by atoms with E-state index >= 15 is 0 Å². The van der Waals surface area contributed by atoms with Crippen molar-refractivity contribution < 1.29 is 5.11 Å². The third-order valence-corrected chi connectivity index (χ3v) is 3.48. The summed E-state index contributed by atoms with van der Waals surface area (Å²) >= 11 is 0. The zero-order chi connectivity index (χ0) is 12.5. The Labute approximate surface area is 103 Å². The summed E-state index contributed by atoms with van der Waals surface area (Å²) in [6.45, 7) is 7.86. The highest BCUT2D eigenvalue weighted by Gasteiger charge is 2.26. The van der Waals surface area contributed by atoms with Crippen LogP contribution in [0.2, 0.25) is 0 Å². The summed E-state index contributed by atoms with van der Waals surface area (Å²) in [5.41, 5.74) is 7.78. The molecule has 1 fully saturated rings. The third kappa shape index (κ3) is 3.13. The van der Waals surface area contributed by atoms with Crippen molar-refractivity contribution >= 4 is 5.69 Å². The number of hydrogen-bond donors (Lipinski definition) is 2. The van der Waals surface area contributed by atoms with Crippen LogP contribution in [0.1, 0.15) is 32.3 Å². The molecule has 2 rings (SSSR count). The number of hydrogen-bond acceptors (Lipinski definition) is 3. The second-order valence-electron chi connectivity index (χ2n) is 5.87. The van der Waals surface area contributed by atoms with E-state index in [1.54, 1.807) is 6.07 Å². The van der Waals surface area contributed by atoms with Crippen LogP contribution in [0, 0.1) is 5.41 Å². The molecule has 17 heavy (non-hydrogen) atoms. The summed E-state index contributed by atoms with van der Waals surface area (Å²) in [6, 6.07) is 5.50. The Morgan fingerprint density at radius 2 is 2.18 bits per heavy atom. The van der Waals surface area contributed by atoms with E-state index in [9.17, 15) is 5.11 Å². The summed E-state index contributed by atoms with van der Waals surface area (Å²) in [5.74, 6) is 0.174. The number of nitrogens with two attached hydrogens (primary N) is 1. The normalized spacial score (nSPS) is 20.4. The molecule has 1 aliphatic heterocycles. The quantitative estimate of drug-likeness (QED) is 0.611. The van der Waals surface area contributed by atoms with Crippen molar-refractivity contribution in [3.63, 3.8) is 0 Å². The van der Waals surface area contributed by atoms with Crippen molar-refractivity contribution in [3.05, 3.63) is 23.8 Å². The van der Waals surface area contributed by atoms with Gasteiger partial charge in [0.25, 0.3) is 0 Å². The van der Waals surface area contributed by atoms with Crippen LogP contribution >= 0.6 is 0 Å². The van der Waals surface area contributed by atoms with Gasteiger partial charge in [0, 0.05) is 13.1 Å². The van der Waals surface area contributed by atoms with Gasteiger partial charge in [-0.25, -0.2) is 0 Å². The molecule has 3 nitrogen and oxygen atoms in total. The molecule has 1 aliphatic rings. The van der Waals surface area contributed by atoms with Crippen LogP contribution in [0.5, 0.6) is 5.75 Å². The molecule has 0 amide bonds. The summed E-state index contributed by atoms with van der Waals surface area (Å²) in [6.07, 6.45) is 2.57. The molecule has 1 aromatic rings. The van der Waals surface area contributed by atoms with E-state index in [0.29, 0.717) is 11.1 Å². The van der Waals surface area contributed by atoms with E-state index in [0.717, 1.165) is 19.6 Å². The molecule has 0 aliphatic carbocycles. The Morgan fingerprint density at radius 3 is 2.82 bits per heavy atom. The largest absolute Gasteiger partial charge is 0.506 e. The van der Waals surface area contributed by atoms with Crippen molar-refractivity contribution in [3.8, 4) is 5.75 Å². The van der Waals surface area contributed by atoms with Crippen LogP contribution in [-0.2, 0) is 6.54 Å². The van der Waals surface area contributed by atoms with Gasteiger partial charge in [0.05, 0.1) is 5.69 Å². The van der Waals surface area contributed by atoms with E-state index in [1.165, 1.54) is 18.4 Å². The third-order valence-electron chi connectivity index (χ3n) is 3.48. The smallest absolute Gasteiger partial charge is 0.138 e. The van der Waals surface area contributed by atoms with Crippen molar-refractivity contribution in [2.24, 2.45) is 5.41 Å². The summed E-state index contributed by atoms with van der Waals surface area (Å²) in [7, 11) is 0. The zero-order valence-corrected chi connectivity index (χ0v) is 10.7. The van der Waals surface area contributed by atoms with Crippen LogP contribution in [-0.4, -0.2) is 23.1 Å². The van der Waals surface area contributed by atoms with E-state index in [2.05, 4.69) is 18.7 Å². The van der Waals surface area contributed by atoms with Gasteiger partial charge < -0.3 is 10.8 Å². The predicted octanol–water partition coefficient (Wildman–Crippen LogP) is 2.60. The standard InChI is InChI=1S/C14H22N2O/c1-14(2)6-3-7-16(10-14)9-11-4-5-13(17)12(15)8-11/h4-5,8,17H,3,6-7,9-10,15H2,1-2H3. The van der Waals surface area contributed by atoms with Crippen molar-refractivity contribution in [1.82, 2.24) is 4.90 Å². The van der Waals surface area contributed by atoms with Gasteiger partial charge in [-0.2, -0.15) is 0 Å². The lowest BCUT2D eigenvalue weighted by atomic mass is 9.84. The number of nitrogens with zero attached hydrogens (tertiary/aromatic N) is 1. The van der Waals surface area contributed by atoms with Gasteiger partial charge in [0.2, 0.25) is 0 Å². The van der Waals surface area contributed by atoms with Crippen LogP contribution in [0.25, 0.3) is 0 Å². The fourth-order valence-corrected chi connectivity index (χ4v) is 2.64. The molecule has 0 saturated carbocycles. The second-order valence-corrected chi connectivity index (χ2v) is 5.87. The minimum Gasteiger partial charge on any atom is -0.506 e. The first-order valence-corrected chi connectivity index (χ1v) is 6.26. The average Bonchev–Trinajstić information content (AvgIpc) is 2.22. The molecule has 0 radical (unpaired) electrons. The Morgan fingerprint density at radius 1 is 1.41 bits per heavy atom. The minimum absolute atomic E-state index is 0.174. The molecular formula is C14H22N2O. The molecule has 0 atom stereocenters. The monoisotopic (exact) mass is 234 g/mol. The molecule has 3 N–H and O–H groups in total. The maximum absolute atomic E-state index is 9.39. The second kappa shape index (κ2) is 4.57. The number of phenolic OH excluding ortho intramolecular Hbond substituents is 1. The molecule has 3 heteroatoms. The minimum atomic E-state index is 0.174. The topological polar surface area (TPSA) is 49.5 Å². The molecule has 0 unspecified atom stereocenters. The highest BCUT2D eigenvalue weighted by Crippen LogP contribution is 2.30. The van der Waals surface area contributed by atoms with Gasteiger partial charge in [0.1, 0.15) is 5.75 Å². The number of rotatable bonds is 2. The summed E-state index contributed by atoms with van der Waals surface area (Å²) < 4.78 is 0. The lowest BCUT2D eigenvalue weighted by Gasteiger charge is -2.38. The number of benzene rings is 1. The zero-order valence-electron chi connectivity index (χ0n) is 10.7. The van der Waals surface area contributed by atoms with Gasteiger partial charge in [-0.1, -0.05) is 19.9 Å². The van der Waals surface area contributed by atoms with Gasteiger partial charge in [0.15, 0.2) is 0 Å². The number of nitrogen functional groups attached to an aromatic ring is 1. The highest BCUT2D eigenvalue weighted by molar-refractivity contribution is 5.53. The Balaban J connectivity index is 2.03. The van der Waals surface area contributed by atoms with Gasteiger partial charge in [-0.05, 0) is 42.5 Å². The van der Waals surface area contributed by atoms with Crippen LogP contribution in [0.3, 0.4) is 0 Å². The van der Waals surface area contributed by atoms with E-state index in [1.807, 2.05) is 12.1 Å². The number of phenols is 1. The lowest BCUT2D eigenvalue weighted by molar-refractivity contribution is 0.112.